The SMILES string of the molecule is CCc1ccc(C(C)C)c(CON)c1. The van der Waals surface area contributed by atoms with Crippen molar-refractivity contribution in [2.24, 2.45) is 5.90 Å². The van der Waals surface area contributed by atoms with Crippen LogP contribution in [0.25, 0.3) is 0 Å². The van der Waals surface area contributed by atoms with Gasteiger partial charge in [0, 0.05) is 0 Å². The van der Waals surface area contributed by atoms with Crippen LogP contribution >= 0.6 is 0 Å². The summed E-state index contributed by atoms with van der Waals surface area (Å²) in [4.78, 5) is 4.72. The zero-order valence-electron chi connectivity index (χ0n) is 9.21. The van der Waals surface area contributed by atoms with Gasteiger partial charge in [0.05, 0.1) is 6.61 Å². The molecule has 0 aliphatic carbocycles. The normalized spacial score (nSPS) is 10.9. The zero-order chi connectivity index (χ0) is 10.6. The summed E-state index contributed by atoms with van der Waals surface area (Å²) in [5.41, 5.74) is 3.87. The summed E-state index contributed by atoms with van der Waals surface area (Å²) in [7, 11) is 0. The lowest BCUT2D eigenvalue weighted by Gasteiger charge is -2.13. The van der Waals surface area contributed by atoms with Gasteiger partial charge in [-0.25, -0.2) is 5.90 Å². The quantitative estimate of drug-likeness (QED) is 0.746. The highest BCUT2D eigenvalue weighted by atomic mass is 16.6. The molecule has 1 aromatic carbocycles. The summed E-state index contributed by atoms with van der Waals surface area (Å²) < 4.78 is 0. The molecule has 78 valence electrons. The van der Waals surface area contributed by atoms with Crippen LogP contribution < -0.4 is 5.90 Å². The number of nitrogens with two attached hydrogens (primary N) is 1. The minimum Gasteiger partial charge on any atom is -0.300 e. The van der Waals surface area contributed by atoms with Gasteiger partial charge in [-0.3, -0.25) is 4.84 Å². The molecular formula is C12H19NO. The molecule has 1 rings (SSSR count). The minimum atomic E-state index is 0.501. The second kappa shape index (κ2) is 5.13. The first-order valence-corrected chi connectivity index (χ1v) is 5.12. The molecule has 14 heavy (non-hydrogen) atoms. The molecular weight excluding hydrogens is 174 g/mol. The number of benzene rings is 1. The van der Waals surface area contributed by atoms with Crippen LogP contribution in [0.5, 0.6) is 0 Å². The molecule has 2 heteroatoms. The summed E-state index contributed by atoms with van der Waals surface area (Å²) >= 11 is 0. The van der Waals surface area contributed by atoms with Crippen molar-refractivity contribution in [3.05, 3.63) is 34.9 Å². The van der Waals surface area contributed by atoms with Gasteiger partial charge in [0.25, 0.3) is 0 Å². The van der Waals surface area contributed by atoms with Crippen molar-refractivity contribution in [1.82, 2.24) is 0 Å². The molecule has 1 aromatic rings. The van der Waals surface area contributed by atoms with Crippen LogP contribution in [0.3, 0.4) is 0 Å². The van der Waals surface area contributed by atoms with Crippen LogP contribution in [0.4, 0.5) is 0 Å². The van der Waals surface area contributed by atoms with E-state index >= 15 is 0 Å². The molecule has 2 nitrogen and oxygen atoms in total. The maximum Gasteiger partial charge on any atom is 0.0932 e. The predicted molar refractivity (Wildman–Crippen MR) is 58.9 cm³/mol. The molecule has 0 amide bonds. The third kappa shape index (κ3) is 2.56. The fourth-order valence-electron chi connectivity index (χ4n) is 1.66. The van der Waals surface area contributed by atoms with Crippen molar-refractivity contribution in [3.8, 4) is 0 Å². The Hall–Kier alpha value is -0.860. The molecule has 2 N–H and O–H groups in total. The molecule has 0 heterocycles. The van der Waals surface area contributed by atoms with E-state index in [1.165, 1.54) is 16.7 Å². The molecule has 0 unspecified atom stereocenters. The lowest BCUT2D eigenvalue weighted by atomic mass is 9.95. The van der Waals surface area contributed by atoms with Gasteiger partial charge < -0.3 is 0 Å². The topological polar surface area (TPSA) is 35.2 Å². The maximum absolute atomic E-state index is 5.12. The summed E-state index contributed by atoms with van der Waals surface area (Å²) in [6.45, 7) is 7.01. The first kappa shape index (κ1) is 11.2. The van der Waals surface area contributed by atoms with Crippen LogP contribution in [-0.2, 0) is 17.9 Å². The van der Waals surface area contributed by atoms with E-state index < -0.39 is 0 Å². The van der Waals surface area contributed by atoms with Crippen molar-refractivity contribution in [1.29, 1.82) is 0 Å². The first-order chi connectivity index (χ1) is 6.69. The predicted octanol–water partition coefficient (Wildman–Crippen LogP) is 2.76. The van der Waals surface area contributed by atoms with Crippen LogP contribution in [0, 0.1) is 0 Å². The van der Waals surface area contributed by atoms with Crippen molar-refractivity contribution >= 4 is 0 Å². The molecule has 0 aromatic heterocycles. The molecule has 0 radical (unpaired) electrons. The minimum absolute atomic E-state index is 0.501. The Morgan fingerprint density at radius 2 is 2.07 bits per heavy atom. The number of aryl methyl sites for hydroxylation is 1. The van der Waals surface area contributed by atoms with Gasteiger partial charge in [0.15, 0.2) is 0 Å². The third-order valence-corrected chi connectivity index (χ3v) is 2.48. The first-order valence-electron chi connectivity index (χ1n) is 5.12. The Morgan fingerprint density at radius 3 is 2.57 bits per heavy atom. The van der Waals surface area contributed by atoms with Gasteiger partial charge in [-0.1, -0.05) is 39.0 Å². The molecule has 0 fully saturated rings. The molecule has 0 atom stereocenters. The summed E-state index contributed by atoms with van der Waals surface area (Å²) in [6.07, 6.45) is 1.05. The van der Waals surface area contributed by atoms with E-state index in [0.29, 0.717) is 12.5 Å². The fraction of sp³-hybridized carbons (Fsp3) is 0.500. The smallest absolute Gasteiger partial charge is 0.0932 e. The van der Waals surface area contributed by atoms with E-state index in [1.807, 2.05) is 0 Å². The van der Waals surface area contributed by atoms with Crippen molar-refractivity contribution in [3.63, 3.8) is 0 Å². The Bertz CT molecular complexity index is 294. The number of hydrogen-bond acceptors (Lipinski definition) is 2. The monoisotopic (exact) mass is 193 g/mol. The molecule has 0 aliphatic heterocycles. The summed E-state index contributed by atoms with van der Waals surface area (Å²) in [5.74, 6) is 5.64. The van der Waals surface area contributed by atoms with Gasteiger partial charge in [0.2, 0.25) is 0 Å². The van der Waals surface area contributed by atoms with Crippen LogP contribution in [-0.4, -0.2) is 0 Å². The largest absolute Gasteiger partial charge is 0.300 e. The standard InChI is InChI=1S/C12H19NO/c1-4-10-5-6-12(9(2)3)11(7-10)8-14-13/h5-7,9H,4,8,13H2,1-3H3. The summed E-state index contributed by atoms with van der Waals surface area (Å²) in [5, 5.41) is 0. The molecule has 0 aliphatic rings. The van der Waals surface area contributed by atoms with Gasteiger partial charge in [-0.2, -0.15) is 0 Å². The number of hydrogen-bond donors (Lipinski definition) is 1. The second-order valence-corrected chi connectivity index (χ2v) is 3.85. The van der Waals surface area contributed by atoms with E-state index in [1.54, 1.807) is 0 Å². The van der Waals surface area contributed by atoms with E-state index in [-0.39, 0.29) is 0 Å². The third-order valence-electron chi connectivity index (χ3n) is 2.48. The highest BCUT2D eigenvalue weighted by Crippen LogP contribution is 2.21. The Morgan fingerprint density at radius 1 is 1.36 bits per heavy atom. The highest BCUT2D eigenvalue weighted by Gasteiger charge is 2.06. The summed E-state index contributed by atoms with van der Waals surface area (Å²) in [6, 6.07) is 6.54. The van der Waals surface area contributed by atoms with E-state index in [0.717, 1.165) is 6.42 Å². The van der Waals surface area contributed by atoms with Crippen LogP contribution in [0.15, 0.2) is 18.2 Å². The zero-order valence-corrected chi connectivity index (χ0v) is 9.21. The van der Waals surface area contributed by atoms with Gasteiger partial charge in [-0.05, 0) is 29.0 Å². The van der Waals surface area contributed by atoms with E-state index in [9.17, 15) is 0 Å². The van der Waals surface area contributed by atoms with E-state index in [4.69, 9.17) is 10.7 Å². The van der Waals surface area contributed by atoms with Crippen molar-refractivity contribution in [2.45, 2.75) is 39.7 Å². The molecule has 0 bridgehead atoms. The van der Waals surface area contributed by atoms with Crippen LogP contribution in [0.1, 0.15) is 43.4 Å². The molecule has 0 saturated carbocycles. The van der Waals surface area contributed by atoms with Gasteiger partial charge in [-0.15, -0.1) is 0 Å². The fourth-order valence-corrected chi connectivity index (χ4v) is 1.66. The van der Waals surface area contributed by atoms with Gasteiger partial charge in [0.1, 0.15) is 0 Å². The molecule has 0 saturated heterocycles. The average molecular weight is 193 g/mol. The Balaban J connectivity index is 3.03. The van der Waals surface area contributed by atoms with Crippen molar-refractivity contribution < 1.29 is 4.84 Å². The van der Waals surface area contributed by atoms with E-state index in [2.05, 4.69) is 39.0 Å². The average Bonchev–Trinajstić information content (AvgIpc) is 2.17. The Labute approximate surface area is 86.0 Å². The molecule has 0 spiro atoms. The Kier molecular flexibility index (Phi) is 4.11. The van der Waals surface area contributed by atoms with Crippen molar-refractivity contribution in [2.75, 3.05) is 0 Å². The van der Waals surface area contributed by atoms with Gasteiger partial charge >= 0.3 is 0 Å². The van der Waals surface area contributed by atoms with Crippen LogP contribution in [0.2, 0.25) is 0 Å². The number of rotatable bonds is 4. The highest BCUT2D eigenvalue weighted by molar-refractivity contribution is 5.33. The lowest BCUT2D eigenvalue weighted by molar-refractivity contribution is 0.123. The maximum atomic E-state index is 5.12. The second-order valence-electron chi connectivity index (χ2n) is 3.85. The lowest BCUT2D eigenvalue weighted by Crippen LogP contribution is -2.04.